The first-order valence-electron chi connectivity index (χ1n) is 16.7. The van der Waals surface area contributed by atoms with Gasteiger partial charge in [-0.25, -0.2) is 23.8 Å². The molecular weight excluding hydrogens is 672 g/mol. The number of anilines is 2. The minimum Gasteiger partial charge on any atom is -0.495 e. The van der Waals surface area contributed by atoms with Crippen LogP contribution in [0.3, 0.4) is 0 Å². The van der Waals surface area contributed by atoms with E-state index in [1.807, 2.05) is 25.5 Å². The van der Waals surface area contributed by atoms with E-state index >= 15 is 0 Å². The number of nitrogens with zero attached hydrogens (tertiary/aromatic N) is 6. The van der Waals surface area contributed by atoms with Crippen molar-refractivity contribution in [1.82, 2.24) is 29.5 Å². The third-order valence-electron chi connectivity index (χ3n) is 9.26. The van der Waals surface area contributed by atoms with Gasteiger partial charge in [0, 0.05) is 37.8 Å². The number of fused-ring (bicyclic) bond motifs is 1. The van der Waals surface area contributed by atoms with Crippen molar-refractivity contribution in [3.05, 3.63) is 59.7 Å². The second-order valence-electron chi connectivity index (χ2n) is 13.8. The number of alkyl halides is 3. The van der Waals surface area contributed by atoms with Crippen molar-refractivity contribution in [2.24, 2.45) is 0 Å². The van der Waals surface area contributed by atoms with Gasteiger partial charge < -0.3 is 30.3 Å². The number of carbonyl (C=O) groups excluding carboxylic acids is 2. The Balaban J connectivity index is 1.17. The van der Waals surface area contributed by atoms with Crippen LogP contribution in [0.15, 0.2) is 42.7 Å². The predicted molar refractivity (Wildman–Crippen MR) is 182 cm³/mol. The summed E-state index contributed by atoms with van der Waals surface area (Å²) in [5.74, 6) is -1.80. The third kappa shape index (κ3) is 7.70. The molecule has 4 heterocycles. The molecule has 2 aliphatic heterocycles. The van der Waals surface area contributed by atoms with Crippen molar-refractivity contribution in [2.45, 2.75) is 70.3 Å². The summed E-state index contributed by atoms with van der Waals surface area (Å²) in [6.07, 6.45) is -0.232. The van der Waals surface area contributed by atoms with Crippen LogP contribution in [0, 0.1) is 5.82 Å². The largest absolute Gasteiger partial charge is 0.495 e. The summed E-state index contributed by atoms with van der Waals surface area (Å²) in [5, 5.41) is 8.04. The van der Waals surface area contributed by atoms with Gasteiger partial charge in [0.15, 0.2) is 5.65 Å². The number of carbonyl (C=O) groups is 2. The van der Waals surface area contributed by atoms with Crippen LogP contribution in [0.2, 0.25) is 0 Å². The SMILES string of the molecule is COc1cc(-c2nn(C3CCN(C4CCN(C(=O)OC(C)(C)C)CC4)CC3)c3ncnc(N)c23)ccc1NC(=O)c1ccc(C(F)(F)F)cc1F. The Bertz CT molecular complexity index is 1930. The topological polar surface area (TPSA) is 141 Å². The second-order valence-corrected chi connectivity index (χ2v) is 13.8. The molecule has 16 heteroatoms. The van der Waals surface area contributed by atoms with Gasteiger partial charge in [-0.15, -0.1) is 0 Å². The molecule has 4 aromatic rings. The Hall–Kier alpha value is -4.99. The Kier molecular flexibility index (Phi) is 9.81. The highest BCUT2D eigenvalue weighted by Crippen LogP contribution is 2.38. The van der Waals surface area contributed by atoms with Gasteiger partial charge in [-0.3, -0.25) is 4.79 Å². The molecule has 0 atom stereocenters. The molecule has 0 aliphatic carbocycles. The van der Waals surface area contributed by atoms with E-state index in [-0.39, 0.29) is 35.5 Å². The van der Waals surface area contributed by atoms with Gasteiger partial charge >= 0.3 is 12.3 Å². The Morgan fingerprint density at radius 1 is 0.941 bits per heavy atom. The van der Waals surface area contributed by atoms with Gasteiger partial charge in [-0.2, -0.15) is 18.3 Å². The summed E-state index contributed by atoms with van der Waals surface area (Å²) in [5.41, 5.74) is 5.92. The molecular formula is C35H40F4N8O4. The summed E-state index contributed by atoms with van der Waals surface area (Å²) >= 11 is 0. The number of hydrogen-bond donors (Lipinski definition) is 2. The normalized spacial score (nSPS) is 16.7. The Morgan fingerprint density at radius 3 is 2.25 bits per heavy atom. The first-order valence-corrected chi connectivity index (χ1v) is 16.7. The highest BCUT2D eigenvalue weighted by atomic mass is 19.4. The monoisotopic (exact) mass is 712 g/mol. The van der Waals surface area contributed by atoms with Crippen LogP contribution in [-0.2, 0) is 10.9 Å². The molecule has 6 rings (SSSR count). The maximum absolute atomic E-state index is 14.5. The van der Waals surface area contributed by atoms with E-state index in [0.29, 0.717) is 47.5 Å². The number of benzene rings is 2. The molecule has 2 aliphatic rings. The molecule has 2 aromatic carbocycles. The lowest BCUT2D eigenvalue weighted by Crippen LogP contribution is -2.50. The Labute approximate surface area is 291 Å². The fourth-order valence-corrected chi connectivity index (χ4v) is 6.69. The van der Waals surface area contributed by atoms with E-state index in [9.17, 15) is 27.2 Å². The number of likely N-dealkylation sites (tertiary alicyclic amines) is 2. The summed E-state index contributed by atoms with van der Waals surface area (Å²) < 4.78 is 66.4. The van der Waals surface area contributed by atoms with Crippen molar-refractivity contribution in [3.63, 3.8) is 0 Å². The maximum atomic E-state index is 14.5. The third-order valence-corrected chi connectivity index (χ3v) is 9.26. The van der Waals surface area contributed by atoms with Crippen molar-refractivity contribution >= 4 is 34.5 Å². The zero-order valence-electron chi connectivity index (χ0n) is 28.8. The molecule has 0 unspecified atom stereocenters. The molecule has 0 radical (unpaired) electrons. The van der Waals surface area contributed by atoms with Gasteiger partial charge in [-0.1, -0.05) is 6.07 Å². The highest BCUT2D eigenvalue weighted by molar-refractivity contribution is 6.06. The number of hydrogen-bond acceptors (Lipinski definition) is 9. The predicted octanol–water partition coefficient (Wildman–Crippen LogP) is 6.53. The second kappa shape index (κ2) is 14.0. The number of aromatic nitrogens is 4. The minimum atomic E-state index is -4.75. The molecule has 2 aromatic heterocycles. The number of ether oxygens (including phenoxy) is 2. The van der Waals surface area contributed by atoms with Crippen LogP contribution in [0.4, 0.5) is 33.9 Å². The van der Waals surface area contributed by atoms with Crippen molar-refractivity contribution in [3.8, 4) is 17.0 Å². The number of amides is 2. The van der Waals surface area contributed by atoms with Crippen LogP contribution >= 0.6 is 0 Å². The van der Waals surface area contributed by atoms with E-state index in [4.69, 9.17) is 20.3 Å². The van der Waals surface area contributed by atoms with Crippen molar-refractivity contribution in [1.29, 1.82) is 0 Å². The standard InChI is InChI=1S/C35H40F4N8O4/c1-34(2,3)51-33(49)46-15-9-22(10-16-46)45-13-11-23(12-14-45)47-31-28(30(40)41-19-42-31)29(44-47)20-5-8-26(27(17-20)50-4)43-32(48)24-7-6-21(18-25(24)36)35(37,38)39/h5-8,17-19,22-23H,9-16H2,1-4H3,(H,43,48)(H2,40,41,42). The zero-order chi connectivity index (χ0) is 36.7. The molecule has 272 valence electrons. The van der Waals surface area contributed by atoms with E-state index < -0.39 is 34.6 Å². The molecule has 51 heavy (non-hydrogen) atoms. The fourth-order valence-electron chi connectivity index (χ4n) is 6.69. The quantitative estimate of drug-likeness (QED) is 0.214. The summed E-state index contributed by atoms with van der Waals surface area (Å²) in [6.45, 7) is 8.60. The first-order chi connectivity index (χ1) is 24.1. The number of nitrogens with one attached hydrogen (secondary N) is 1. The van der Waals surface area contributed by atoms with E-state index in [1.54, 1.807) is 17.0 Å². The zero-order valence-corrected chi connectivity index (χ0v) is 28.8. The Morgan fingerprint density at radius 2 is 1.63 bits per heavy atom. The lowest BCUT2D eigenvalue weighted by atomic mass is 9.98. The van der Waals surface area contributed by atoms with Crippen LogP contribution in [0.1, 0.15) is 68.4 Å². The number of halogens is 4. The van der Waals surface area contributed by atoms with E-state index in [1.165, 1.54) is 19.5 Å². The summed E-state index contributed by atoms with van der Waals surface area (Å²) in [6, 6.07) is 6.96. The number of methoxy groups -OCH3 is 1. The van der Waals surface area contributed by atoms with Gasteiger partial charge in [-0.05, 0) is 76.8 Å². The van der Waals surface area contributed by atoms with Crippen LogP contribution in [0.5, 0.6) is 5.75 Å². The highest BCUT2D eigenvalue weighted by Gasteiger charge is 2.34. The van der Waals surface area contributed by atoms with Gasteiger partial charge in [0.1, 0.15) is 35.0 Å². The smallest absolute Gasteiger partial charge is 0.416 e. The van der Waals surface area contributed by atoms with E-state index in [0.717, 1.165) is 44.8 Å². The molecule has 0 spiro atoms. The van der Waals surface area contributed by atoms with Crippen LogP contribution in [-0.4, -0.2) is 86.5 Å². The average Bonchev–Trinajstić information content (AvgIpc) is 3.48. The number of nitrogens with two attached hydrogens (primary N) is 1. The van der Waals surface area contributed by atoms with Crippen molar-refractivity contribution < 1.29 is 36.6 Å². The molecule has 0 saturated carbocycles. The minimum absolute atomic E-state index is 0.0349. The number of piperidine rings is 2. The molecule has 0 bridgehead atoms. The van der Waals surface area contributed by atoms with Gasteiger partial charge in [0.25, 0.3) is 5.91 Å². The molecule has 2 amide bonds. The van der Waals surface area contributed by atoms with Crippen LogP contribution < -0.4 is 15.8 Å². The molecule has 3 N–H and O–H groups in total. The average molecular weight is 713 g/mol. The first kappa shape index (κ1) is 35.8. The number of rotatable bonds is 6. The van der Waals surface area contributed by atoms with Gasteiger partial charge in [0.2, 0.25) is 0 Å². The lowest BCUT2D eigenvalue weighted by Gasteiger charge is -2.41. The molecule has 2 saturated heterocycles. The van der Waals surface area contributed by atoms with Crippen molar-refractivity contribution in [2.75, 3.05) is 44.3 Å². The van der Waals surface area contributed by atoms with E-state index in [2.05, 4.69) is 20.2 Å². The fraction of sp³-hybridized carbons (Fsp3) is 0.457. The summed E-state index contributed by atoms with van der Waals surface area (Å²) in [4.78, 5) is 38.4. The van der Waals surface area contributed by atoms with Crippen LogP contribution in [0.25, 0.3) is 22.3 Å². The summed E-state index contributed by atoms with van der Waals surface area (Å²) in [7, 11) is 1.39. The lowest BCUT2D eigenvalue weighted by molar-refractivity contribution is -0.137. The number of nitrogen functional groups attached to an aromatic ring is 1. The molecule has 2 fully saturated rings. The van der Waals surface area contributed by atoms with Gasteiger partial charge in [0.05, 0.1) is 35.4 Å². The molecule has 12 nitrogen and oxygen atoms in total. The maximum Gasteiger partial charge on any atom is 0.416 e.